The molecule has 1 aliphatic rings. The van der Waals surface area contributed by atoms with Gasteiger partial charge in [0.15, 0.2) is 0 Å². The van der Waals surface area contributed by atoms with Crippen molar-refractivity contribution in [2.45, 2.75) is 69.9 Å². The fourth-order valence-corrected chi connectivity index (χ4v) is 2.69. The summed E-state index contributed by atoms with van der Waals surface area (Å²) in [5.41, 5.74) is 5.58. The van der Waals surface area contributed by atoms with Gasteiger partial charge in [-0.05, 0) is 33.1 Å². The van der Waals surface area contributed by atoms with Gasteiger partial charge in [0.05, 0.1) is 5.41 Å². The molecule has 1 aromatic rings. The summed E-state index contributed by atoms with van der Waals surface area (Å²) < 4.78 is 11.0. The minimum Gasteiger partial charge on any atom is -0.370 e. The first-order chi connectivity index (χ1) is 8.96. The second-order valence-corrected chi connectivity index (χ2v) is 5.98. The van der Waals surface area contributed by atoms with Crippen LogP contribution in [0.1, 0.15) is 64.6 Å². The molecule has 2 N–H and O–H groups in total. The predicted molar refractivity (Wildman–Crippen MR) is 72.7 cm³/mol. The van der Waals surface area contributed by atoms with Gasteiger partial charge in [0.2, 0.25) is 11.7 Å². The van der Waals surface area contributed by atoms with E-state index in [2.05, 4.69) is 17.1 Å². The summed E-state index contributed by atoms with van der Waals surface area (Å²) in [6.45, 7) is 6.16. The van der Waals surface area contributed by atoms with E-state index in [1.54, 1.807) is 7.11 Å². The highest BCUT2D eigenvalue weighted by Gasteiger charge is 2.42. The lowest BCUT2D eigenvalue weighted by atomic mass is 9.72. The van der Waals surface area contributed by atoms with Crippen molar-refractivity contribution >= 4 is 0 Å². The van der Waals surface area contributed by atoms with Crippen LogP contribution in [0.25, 0.3) is 0 Å². The summed E-state index contributed by atoms with van der Waals surface area (Å²) in [7, 11) is 1.67. The third-order valence-electron chi connectivity index (χ3n) is 4.79. The van der Waals surface area contributed by atoms with Crippen molar-refractivity contribution in [3.63, 3.8) is 0 Å². The average Bonchev–Trinajstić information content (AvgIpc) is 2.92. The minimum absolute atomic E-state index is 0.0879. The van der Waals surface area contributed by atoms with Crippen molar-refractivity contribution in [2.24, 2.45) is 5.73 Å². The van der Waals surface area contributed by atoms with Crippen LogP contribution in [0.5, 0.6) is 0 Å². The maximum absolute atomic E-state index is 6.27. The Kier molecular flexibility index (Phi) is 3.97. The predicted octanol–water partition coefficient (Wildman–Crippen LogP) is 2.50. The quantitative estimate of drug-likeness (QED) is 0.907. The van der Waals surface area contributed by atoms with E-state index in [4.69, 9.17) is 15.0 Å². The summed E-state index contributed by atoms with van der Waals surface area (Å²) in [6, 6.07) is 0.0879. The second kappa shape index (κ2) is 5.21. The van der Waals surface area contributed by atoms with Gasteiger partial charge in [0.1, 0.15) is 5.60 Å². The number of hydrogen-bond donors (Lipinski definition) is 1. The van der Waals surface area contributed by atoms with Crippen LogP contribution < -0.4 is 5.73 Å². The number of nitrogens with zero attached hydrogens (tertiary/aromatic N) is 2. The Bertz CT molecular complexity index is 428. The second-order valence-electron chi connectivity index (χ2n) is 5.98. The van der Waals surface area contributed by atoms with Crippen molar-refractivity contribution in [1.29, 1.82) is 0 Å². The Morgan fingerprint density at radius 2 is 2.26 bits per heavy atom. The summed E-state index contributed by atoms with van der Waals surface area (Å²) in [6.07, 6.45) is 5.17. The molecule has 0 saturated heterocycles. The van der Waals surface area contributed by atoms with Crippen LogP contribution in [-0.2, 0) is 15.8 Å². The average molecular weight is 267 g/mol. The number of aromatic nitrogens is 2. The molecule has 5 heteroatoms. The molecule has 0 spiro atoms. The van der Waals surface area contributed by atoms with Gasteiger partial charge in [-0.1, -0.05) is 24.9 Å². The minimum atomic E-state index is -0.489. The third kappa shape index (κ3) is 2.41. The van der Waals surface area contributed by atoms with Crippen LogP contribution in [0, 0.1) is 0 Å². The molecule has 0 amide bonds. The normalized spacial score (nSPS) is 31.1. The molecule has 1 saturated carbocycles. The molecule has 5 nitrogen and oxygen atoms in total. The van der Waals surface area contributed by atoms with Gasteiger partial charge < -0.3 is 15.0 Å². The maximum atomic E-state index is 6.27. The fourth-order valence-electron chi connectivity index (χ4n) is 2.69. The summed E-state index contributed by atoms with van der Waals surface area (Å²) in [4.78, 5) is 4.59. The smallest absolute Gasteiger partial charge is 0.234 e. The molecule has 0 aromatic carbocycles. The molecule has 1 aromatic heterocycles. The lowest BCUT2D eigenvalue weighted by Gasteiger charge is -2.36. The van der Waals surface area contributed by atoms with Crippen LogP contribution in [0.3, 0.4) is 0 Å². The van der Waals surface area contributed by atoms with Gasteiger partial charge in [-0.15, -0.1) is 0 Å². The molecule has 1 aliphatic carbocycles. The highest BCUT2D eigenvalue weighted by molar-refractivity contribution is 5.12. The van der Waals surface area contributed by atoms with Gasteiger partial charge in [-0.25, -0.2) is 0 Å². The summed E-state index contributed by atoms with van der Waals surface area (Å²) in [5, 5.41) is 4.12. The Morgan fingerprint density at radius 3 is 2.84 bits per heavy atom. The molecular formula is C14H25N3O2. The number of ether oxygens (including phenoxy) is 1. The Labute approximate surface area is 114 Å². The van der Waals surface area contributed by atoms with Gasteiger partial charge in [-0.2, -0.15) is 4.98 Å². The van der Waals surface area contributed by atoms with E-state index < -0.39 is 5.60 Å². The zero-order valence-corrected chi connectivity index (χ0v) is 12.4. The van der Waals surface area contributed by atoms with E-state index in [1.165, 1.54) is 6.42 Å². The zero-order chi connectivity index (χ0) is 14.1. The lowest BCUT2D eigenvalue weighted by Crippen LogP contribution is -2.45. The first kappa shape index (κ1) is 14.5. The van der Waals surface area contributed by atoms with E-state index >= 15 is 0 Å². The van der Waals surface area contributed by atoms with Gasteiger partial charge in [0.25, 0.3) is 0 Å². The lowest BCUT2D eigenvalue weighted by molar-refractivity contribution is -0.0106. The van der Waals surface area contributed by atoms with Crippen LogP contribution in [0.2, 0.25) is 0 Å². The van der Waals surface area contributed by atoms with Crippen LogP contribution in [-0.4, -0.2) is 23.3 Å². The first-order valence-electron chi connectivity index (χ1n) is 7.11. The molecule has 0 radical (unpaired) electrons. The van der Waals surface area contributed by atoms with Gasteiger partial charge in [-0.3, -0.25) is 0 Å². The first-order valence-corrected chi connectivity index (χ1v) is 7.11. The van der Waals surface area contributed by atoms with Crippen molar-refractivity contribution in [1.82, 2.24) is 10.1 Å². The van der Waals surface area contributed by atoms with Crippen LogP contribution in [0.15, 0.2) is 4.52 Å². The van der Waals surface area contributed by atoms with Crippen molar-refractivity contribution in [3.05, 3.63) is 11.7 Å². The third-order valence-corrected chi connectivity index (χ3v) is 4.79. The van der Waals surface area contributed by atoms with E-state index in [0.29, 0.717) is 11.7 Å². The monoisotopic (exact) mass is 267 g/mol. The maximum Gasteiger partial charge on any atom is 0.234 e. The number of nitrogens with two attached hydrogens (primary N) is 1. The van der Waals surface area contributed by atoms with Crippen LogP contribution >= 0.6 is 0 Å². The Balaban J connectivity index is 2.30. The van der Waals surface area contributed by atoms with E-state index in [0.717, 1.165) is 25.7 Å². The SMILES string of the molecule is CCC(C)(OC)c1noc(C2(C)CCCCC2N)n1. The molecule has 2 rings (SSSR count). The molecule has 0 aliphatic heterocycles. The molecule has 1 heterocycles. The molecular weight excluding hydrogens is 242 g/mol. The molecule has 0 bridgehead atoms. The highest BCUT2D eigenvalue weighted by atomic mass is 16.5. The molecule has 3 atom stereocenters. The Morgan fingerprint density at radius 1 is 1.53 bits per heavy atom. The number of methoxy groups -OCH3 is 1. The van der Waals surface area contributed by atoms with Gasteiger partial charge in [0, 0.05) is 13.2 Å². The summed E-state index contributed by atoms with van der Waals surface area (Å²) >= 11 is 0. The van der Waals surface area contributed by atoms with Crippen LogP contribution in [0.4, 0.5) is 0 Å². The van der Waals surface area contributed by atoms with Crippen molar-refractivity contribution < 1.29 is 9.26 Å². The number of hydrogen-bond acceptors (Lipinski definition) is 5. The highest BCUT2D eigenvalue weighted by Crippen LogP contribution is 2.38. The standard InChI is InChI=1S/C14H25N3O2/c1-5-14(3,18-4)11-16-12(19-17-11)13(2)9-7-6-8-10(13)15/h10H,5-9,15H2,1-4H3. The van der Waals surface area contributed by atoms with Crippen molar-refractivity contribution in [3.8, 4) is 0 Å². The topological polar surface area (TPSA) is 74.2 Å². The number of rotatable bonds is 4. The zero-order valence-electron chi connectivity index (χ0n) is 12.4. The largest absolute Gasteiger partial charge is 0.370 e. The van der Waals surface area contributed by atoms with Crippen molar-refractivity contribution in [2.75, 3.05) is 7.11 Å². The van der Waals surface area contributed by atoms with Gasteiger partial charge >= 0.3 is 0 Å². The fraction of sp³-hybridized carbons (Fsp3) is 0.857. The van der Waals surface area contributed by atoms with E-state index in [9.17, 15) is 0 Å². The Hall–Kier alpha value is -0.940. The molecule has 108 valence electrons. The van der Waals surface area contributed by atoms with E-state index in [-0.39, 0.29) is 11.5 Å². The molecule has 1 fully saturated rings. The molecule has 19 heavy (non-hydrogen) atoms. The summed E-state index contributed by atoms with van der Waals surface area (Å²) in [5.74, 6) is 1.28. The molecule has 3 unspecified atom stereocenters. The van der Waals surface area contributed by atoms with E-state index in [1.807, 2.05) is 13.8 Å².